The van der Waals surface area contributed by atoms with Crippen LogP contribution in [0, 0.1) is 5.82 Å². The second-order valence-corrected chi connectivity index (χ2v) is 6.29. The Hall–Kier alpha value is -2.69. The molecule has 0 bridgehead atoms. The van der Waals surface area contributed by atoms with Gasteiger partial charge in [-0.2, -0.15) is 0 Å². The van der Waals surface area contributed by atoms with Crippen molar-refractivity contribution in [2.75, 3.05) is 5.32 Å². The van der Waals surface area contributed by atoms with Crippen molar-refractivity contribution in [3.8, 4) is 0 Å². The molecule has 0 spiro atoms. The lowest BCUT2D eigenvalue weighted by atomic mass is 9.97. The fraction of sp³-hybridized carbons (Fsp3) is 0.333. The SMILES string of the molecule is CCC(C)c1ccccc1NC(=O)C(C)OC(=O)Cc1ccccc1F. The Morgan fingerprint density at radius 2 is 1.73 bits per heavy atom. The molecule has 0 aliphatic heterocycles. The largest absolute Gasteiger partial charge is 0.452 e. The van der Waals surface area contributed by atoms with E-state index in [4.69, 9.17) is 4.74 Å². The maximum atomic E-state index is 13.6. The minimum atomic E-state index is -0.973. The van der Waals surface area contributed by atoms with Crippen LogP contribution in [0.4, 0.5) is 10.1 Å². The summed E-state index contributed by atoms with van der Waals surface area (Å²) in [6.07, 6.45) is -0.243. The van der Waals surface area contributed by atoms with Gasteiger partial charge >= 0.3 is 5.97 Å². The lowest BCUT2D eigenvalue weighted by Gasteiger charge is -2.18. The average Bonchev–Trinajstić information content (AvgIpc) is 2.63. The molecule has 2 rings (SSSR count). The Labute approximate surface area is 153 Å². The standard InChI is InChI=1S/C21H24FNO3/c1-4-14(2)17-10-6-8-12-19(17)23-21(25)15(3)26-20(24)13-16-9-5-7-11-18(16)22/h5-12,14-15H,4,13H2,1-3H3,(H,23,25). The van der Waals surface area contributed by atoms with Gasteiger partial charge < -0.3 is 10.1 Å². The molecular formula is C21H24FNO3. The summed E-state index contributed by atoms with van der Waals surface area (Å²) >= 11 is 0. The summed E-state index contributed by atoms with van der Waals surface area (Å²) in [7, 11) is 0. The third kappa shape index (κ3) is 5.15. The molecule has 0 aromatic heterocycles. The highest BCUT2D eigenvalue weighted by Crippen LogP contribution is 2.26. The summed E-state index contributed by atoms with van der Waals surface area (Å²) in [6, 6.07) is 13.6. The minimum Gasteiger partial charge on any atom is -0.452 e. The van der Waals surface area contributed by atoms with E-state index in [0.29, 0.717) is 11.6 Å². The van der Waals surface area contributed by atoms with Gasteiger partial charge in [0.2, 0.25) is 0 Å². The molecular weight excluding hydrogens is 333 g/mol. The molecule has 0 saturated carbocycles. The van der Waals surface area contributed by atoms with Crippen molar-refractivity contribution in [2.45, 2.75) is 45.6 Å². The highest BCUT2D eigenvalue weighted by Gasteiger charge is 2.20. The van der Waals surface area contributed by atoms with Crippen LogP contribution in [0.25, 0.3) is 0 Å². The highest BCUT2D eigenvalue weighted by molar-refractivity contribution is 5.95. The molecule has 2 aromatic carbocycles. The van der Waals surface area contributed by atoms with Crippen molar-refractivity contribution in [3.05, 3.63) is 65.5 Å². The molecule has 0 fully saturated rings. The van der Waals surface area contributed by atoms with E-state index < -0.39 is 23.8 Å². The van der Waals surface area contributed by atoms with E-state index in [-0.39, 0.29) is 12.0 Å². The Balaban J connectivity index is 1.98. The number of nitrogens with one attached hydrogen (secondary N) is 1. The molecule has 1 N–H and O–H groups in total. The monoisotopic (exact) mass is 357 g/mol. The summed E-state index contributed by atoms with van der Waals surface area (Å²) in [5.41, 5.74) is 1.99. The van der Waals surface area contributed by atoms with E-state index in [1.54, 1.807) is 12.1 Å². The lowest BCUT2D eigenvalue weighted by Crippen LogP contribution is -2.31. The number of halogens is 1. The number of para-hydroxylation sites is 1. The quantitative estimate of drug-likeness (QED) is 0.745. The fourth-order valence-electron chi connectivity index (χ4n) is 2.58. The highest BCUT2D eigenvalue weighted by atomic mass is 19.1. The van der Waals surface area contributed by atoms with Crippen molar-refractivity contribution in [2.24, 2.45) is 0 Å². The summed E-state index contributed by atoms with van der Waals surface area (Å²) < 4.78 is 18.8. The summed E-state index contributed by atoms with van der Waals surface area (Å²) in [5, 5.41) is 2.82. The number of amides is 1. The lowest BCUT2D eigenvalue weighted by molar-refractivity contribution is -0.152. The number of carbonyl (C=O) groups excluding carboxylic acids is 2. The maximum absolute atomic E-state index is 13.6. The van der Waals surface area contributed by atoms with E-state index in [1.807, 2.05) is 24.3 Å². The van der Waals surface area contributed by atoms with Crippen molar-refractivity contribution >= 4 is 17.6 Å². The van der Waals surface area contributed by atoms with Crippen molar-refractivity contribution in [1.29, 1.82) is 0 Å². The molecule has 2 aromatic rings. The van der Waals surface area contributed by atoms with E-state index in [0.717, 1.165) is 12.0 Å². The second kappa shape index (κ2) is 9.13. The Morgan fingerprint density at radius 1 is 1.08 bits per heavy atom. The Bertz CT molecular complexity index is 775. The van der Waals surface area contributed by atoms with Crippen LogP contribution >= 0.6 is 0 Å². The zero-order chi connectivity index (χ0) is 19.1. The first kappa shape index (κ1) is 19.6. The summed E-state index contributed by atoms with van der Waals surface area (Å²) in [5.74, 6) is -1.23. The molecule has 138 valence electrons. The minimum absolute atomic E-state index is 0.215. The molecule has 2 atom stereocenters. The van der Waals surface area contributed by atoms with Crippen LogP contribution in [-0.4, -0.2) is 18.0 Å². The number of anilines is 1. The van der Waals surface area contributed by atoms with Gasteiger partial charge in [0.05, 0.1) is 6.42 Å². The van der Waals surface area contributed by atoms with Gasteiger partial charge in [-0.15, -0.1) is 0 Å². The number of rotatable bonds is 7. The molecule has 0 aliphatic rings. The molecule has 5 heteroatoms. The van der Waals surface area contributed by atoms with Gasteiger partial charge in [-0.25, -0.2) is 4.39 Å². The van der Waals surface area contributed by atoms with Crippen LogP contribution in [0.3, 0.4) is 0 Å². The summed E-state index contributed by atoms with van der Waals surface area (Å²) in [4.78, 5) is 24.4. The van der Waals surface area contributed by atoms with Crippen molar-refractivity contribution < 1.29 is 18.7 Å². The molecule has 1 amide bonds. The van der Waals surface area contributed by atoms with Crippen LogP contribution < -0.4 is 5.32 Å². The smallest absolute Gasteiger partial charge is 0.311 e. The van der Waals surface area contributed by atoms with E-state index in [1.165, 1.54) is 19.1 Å². The fourth-order valence-corrected chi connectivity index (χ4v) is 2.58. The van der Waals surface area contributed by atoms with E-state index in [9.17, 15) is 14.0 Å². The van der Waals surface area contributed by atoms with Gasteiger partial charge in [0.1, 0.15) is 5.82 Å². The van der Waals surface area contributed by atoms with Crippen LogP contribution in [0.2, 0.25) is 0 Å². The number of carbonyl (C=O) groups is 2. The van der Waals surface area contributed by atoms with Gasteiger partial charge in [0.15, 0.2) is 6.10 Å². The van der Waals surface area contributed by atoms with Crippen molar-refractivity contribution in [1.82, 2.24) is 0 Å². The van der Waals surface area contributed by atoms with Gasteiger partial charge in [-0.05, 0) is 42.5 Å². The molecule has 0 aliphatic carbocycles. The number of hydrogen-bond acceptors (Lipinski definition) is 3. The molecule has 0 heterocycles. The first-order chi connectivity index (χ1) is 12.4. The van der Waals surface area contributed by atoms with Gasteiger partial charge in [0, 0.05) is 5.69 Å². The van der Waals surface area contributed by atoms with Crippen LogP contribution in [0.15, 0.2) is 48.5 Å². The van der Waals surface area contributed by atoms with Gasteiger partial charge in [-0.3, -0.25) is 9.59 Å². The number of hydrogen-bond donors (Lipinski definition) is 1. The third-order valence-corrected chi connectivity index (χ3v) is 4.33. The maximum Gasteiger partial charge on any atom is 0.311 e. The second-order valence-electron chi connectivity index (χ2n) is 6.29. The summed E-state index contributed by atoms with van der Waals surface area (Å²) in [6.45, 7) is 5.67. The van der Waals surface area contributed by atoms with Crippen molar-refractivity contribution in [3.63, 3.8) is 0 Å². The number of esters is 1. The predicted octanol–water partition coefficient (Wildman–Crippen LogP) is 4.45. The molecule has 0 saturated heterocycles. The zero-order valence-electron chi connectivity index (χ0n) is 15.3. The molecule has 4 nitrogen and oxygen atoms in total. The topological polar surface area (TPSA) is 55.4 Å². The normalized spacial score (nSPS) is 12.9. The first-order valence-electron chi connectivity index (χ1n) is 8.75. The number of ether oxygens (including phenoxy) is 1. The molecule has 0 radical (unpaired) electrons. The van der Waals surface area contributed by atoms with E-state index >= 15 is 0 Å². The van der Waals surface area contributed by atoms with Gasteiger partial charge in [-0.1, -0.05) is 50.2 Å². The molecule has 2 unspecified atom stereocenters. The zero-order valence-corrected chi connectivity index (χ0v) is 15.3. The van der Waals surface area contributed by atoms with Crippen LogP contribution in [-0.2, 0) is 20.7 Å². The van der Waals surface area contributed by atoms with Crippen LogP contribution in [0.5, 0.6) is 0 Å². The number of benzene rings is 2. The third-order valence-electron chi connectivity index (χ3n) is 4.33. The Kier molecular flexibility index (Phi) is 6.89. The van der Waals surface area contributed by atoms with E-state index in [2.05, 4.69) is 19.2 Å². The van der Waals surface area contributed by atoms with Gasteiger partial charge in [0.25, 0.3) is 5.91 Å². The predicted molar refractivity (Wildman–Crippen MR) is 99.4 cm³/mol. The van der Waals surface area contributed by atoms with Crippen LogP contribution in [0.1, 0.15) is 44.2 Å². The first-order valence-corrected chi connectivity index (χ1v) is 8.75. The molecule has 26 heavy (non-hydrogen) atoms. The average molecular weight is 357 g/mol. The Morgan fingerprint density at radius 3 is 2.42 bits per heavy atom.